The van der Waals surface area contributed by atoms with Crippen LogP contribution >= 0.6 is 11.3 Å². The summed E-state index contributed by atoms with van der Waals surface area (Å²) in [6.45, 7) is 0. The van der Waals surface area contributed by atoms with Crippen molar-refractivity contribution in [2.45, 2.75) is 0 Å². The zero-order valence-electron chi connectivity index (χ0n) is 9.57. The molecule has 0 atom stereocenters. The summed E-state index contributed by atoms with van der Waals surface area (Å²) in [6, 6.07) is 8.21. The average Bonchev–Trinajstić information content (AvgIpc) is 2.89. The van der Waals surface area contributed by atoms with E-state index in [9.17, 15) is 10.1 Å². The number of nitrogens with zero attached hydrogens (tertiary/aromatic N) is 2. The molecule has 0 bridgehead atoms. The molecule has 2 aromatic rings. The zero-order chi connectivity index (χ0) is 13.0. The molecule has 1 aromatic heterocycles. The molecule has 0 N–H and O–H groups in total. The van der Waals surface area contributed by atoms with Gasteiger partial charge in [0.2, 0.25) is 0 Å². The number of benzene rings is 1. The fourth-order valence-electron chi connectivity index (χ4n) is 1.38. The quantitative estimate of drug-likeness (QED) is 0.481. The van der Waals surface area contributed by atoms with Gasteiger partial charge >= 0.3 is 0 Å². The molecule has 0 aliphatic heterocycles. The third kappa shape index (κ3) is 2.72. The van der Waals surface area contributed by atoms with Gasteiger partial charge in [0.1, 0.15) is 5.69 Å². The van der Waals surface area contributed by atoms with Crippen molar-refractivity contribution in [3.05, 3.63) is 50.7 Å². The molecule has 1 heterocycles. The van der Waals surface area contributed by atoms with Crippen molar-refractivity contribution < 1.29 is 9.66 Å². The van der Waals surface area contributed by atoms with E-state index >= 15 is 0 Å². The fourth-order valence-corrected chi connectivity index (χ4v) is 1.97. The van der Waals surface area contributed by atoms with E-state index < -0.39 is 4.92 Å². The average molecular weight is 262 g/mol. The van der Waals surface area contributed by atoms with Crippen molar-refractivity contribution in [1.29, 1.82) is 0 Å². The van der Waals surface area contributed by atoms with Crippen molar-refractivity contribution in [1.82, 2.24) is 0 Å². The maximum Gasteiger partial charge on any atom is 0.273 e. The van der Waals surface area contributed by atoms with Crippen LogP contribution in [0.2, 0.25) is 0 Å². The highest BCUT2D eigenvalue weighted by molar-refractivity contribution is 7.11. The molecular weight excluding hydrogens is 252 g/mol. The topological polar surface area (TPSA) is 64.7 Å². The maximum absolute atomic E-state index is 10.6. The summed E-state index contributed by atoms with van der Waals surface area (Å²) in [5, 5.41) is 12.6. The summed E-state index contributed by atoms with van der Waals surface area (Å²) in [4.78, 5) is 15.4. The van der Waals surface area contributed by atoms with E-state index in [1.807, 2.05) is 17.5 Å². The number of thiophene rings is 1. The van der Waals surface area contributed by atoms with Crippen LogP contribution in [0.1, 0.15) is 4.88 Å². The molecule has 0 aliphatic rings. The number of aliphatic imine (C=N–C) groups is 1. The van der Waals surface area contributed by atoms with Gasteiger partial charge in [-0.25, -0.2) is 0 Å². The molecule has 5 nitrogen and oxygen atoms in total. The lowest BCUT2D eigenvalue weighted by Gasteiger charge is -2.03. The van der Waals surface area contributed by atoms with Crippen molar-refractivity contribution in [2.75, 3.05) is 7.11 Å². The second kappa shape index (κ2) is 5.42. The molecule has 0 spiro atoms. The molecule has 0 saturated heterocycles. The van der Waals surface area contributed by atoms with Gasteiger partial charge < -0.3 is 4.74 Å². The number of ether oxygens (including phenoxy) is 1. The van der Waals surface area contributed by atoms with Crippen LogP contribution in [0, 0.1) is 10.1 Å². The number of nitro groups is 1. The highest BCUT2D eigenvalue weighted by atomic mass is 32.1. The minimum Gasteiger partial charge on any atom is -0.494 e. The van der Waals surface area contributed by atoms with Gasteiger partial charge in [-0.05, 0) is 17.5 Å². The summed E-state index contributed by atoms with van der Waals surface area (Å²) in [5.41, 5.74) is 0.554. The monoisotopic (exact) mass is 262 g/mol. The summed E-state index contributed by atoms with van der Waals surface area (Å²) in [6.07, 6.45) is 1.70. The van der Waals surface area contributed by atoms with Gasteiger partial charge in [-0.1, -0.05) is 6.07 Å². The molecular formula is C12H10N2O3S. The maximum atomic E-state index is 10.6. The highest BCUT2D eigenvalue weighted by Gasteiger charge is 2.10. The normalized spacial score (nSPS) is 10.7. The SMILES string of the molecule is COc1cc([N+](=O)[O-])ccc1N=Cc1cccs1. The fraction of sp³-hybridized carbons (Fsp3) is 0.0833. The molecule has 6 heteroatoms. The van der Waals surface area contributed by atoms with Crippen molar-refractivity contribution in [2.24, 2.45) is 4.99 Å². The van der Waals surface area contributed by atoms with E-state index in [-0.39, 0.29) is 5.69 Å². The van der Waals surface area contributed by atoms with Crippen LogP contribution in [0.25, 0.3) is 0 Å². The Morgan fingerprint density at radius 3 is 2.89 bits per heavy atom. The first-order valence-electron chi connectivity index (χ1n) is 5.10. The van der Waals surface area contributed by atoms with E-state index in [4.69, 9.17) is 4.74 Å². The predicted molar refractivity (Wildman–Crippen MR) is 71.2 cm³/mol. The molecule has 0 saturated carbocycles. The summed E-state index contributed by atoms with van der Waals surface area (Å²) < 4.78 is 5.09. The second-order valence-electron chi connectivity index (χ2n) is 3.39. The first kappa shape index (κ1) is 12.3. The zero-order valence-corrected chi connectivity index (χ0v) is 10.4. The third-order valence-corrected chi connectivity index (χ3v) is 3.06. The Bertz CT molecular complexity index is 579. The van der Waals surface area contributed by atoms with E-state index in [0.29, 0.717) is 11.4 Å². The Labute approximate surface area is 108 Å². The Hall–Kier alpha value is -2.21. The molecule has 0 fully saturated rings. The minimum absolute atomic E-state index is 0.0121. The molecule has 0 radical (unpaired) electrons. The van der Waals surface area contributed by atoms with E-state index in [1.165, 1.54) is 19.2 Å². The standard InChI is InChI=1S/C12H10N2O3S/c1-17-12-7-9(14(15)16)4-5-11(12)13-8-10-3-2-6-18-10/h2-8H,1H3. The number of rotatable bonds is 4. The molecule has 2 rings (SSSR count). The molecule has 0 unspecified atom stereocenters. The number of methoxy groups -OCH3 is 1. The first-order valence-corrected chi connectivity index (χ1v) is 5.98. The number of hydrogen-bond acceptors (Lipinski definition) is 5. The van der Waals surface area contributed by atoms with Crippen molar-refractivity contribution in [3.8, 4) is 5.75 Å². The van der Waals surface area contributed by atoms with Crippen LogP contribution in [0.15, 0.2) is 40.7 Å². The number of hydrogen-bond donors (Lipinski definition) is 0. The molecule has 0 amide bonds. The summed E-state index contributed by atoms with van der Waals surface area (Å²) >= 11 is 1.57. The van der Waals surface area contributed by atoms with Crippen LogP contribution in [-0.4, -0.2) is 18.2 Å². The van der Waals surface area contributed by atoms with E-state index in [1.54, 1.807) is 23.6 Å². The van der Waals surface area contributed by atoms with Gasteiger partial charge in [0.25, 0.3) is 5.69 Å². The Balaban J connectivity index is 2.30. The summed E-state index contributed by atoms with van der Waals surface area (Å²) in [7, 11) is 1.46. The number of non-ortho nitro benzene ring substituents is 1. The lowest BCUT2D eigenvalue weighted by Crippen LogP contribution is -1.90. The van der Waals surface area contributed by atoms with Gasteiger partial charge in [-0.15, -0.1) is 11.3 Å². The number of nitro benzene ring substituents is 1. The van der Waals surface area contributed by atoms with Crippen molar-refractivity contribution in [3.63, 3.8) is 0 Å². The van der Waals surface area contributed by atoms with Gasteiger partial charge in [-0.3, -0.25) is 15.1 Å². The minimum atomic E-state index is -0.463. The Morgan fingerprint density at radius 1 is 1.44 bits per heavy atom. The summed E-state index contributed by atoms with van der Waals surface area (Å²) in [5.74, 6) is 0.386. The lowest BCUT2D eigenvalue weighted by molar-refractivity contribution is -0.384. The Kier molecular flexibility index (Phi) is 3.69. The molecule has 1 aromatic carbocycles. The van der Waals surface area contributed by atoms with Crippen molar-refractivity contribution >= 4 is 28.9 Å². The van der Waals surface area contributed by atoms with Gasteiger partial charge in [0.15, 0.2) is 5.75 Å². The van der Waals surface area contributed by atoms with Crippen LogP contribution in [0.3, 0.4) is 0 Å². The third-order valence-electron chi connectivity index (χ3n) is 2.25. The van der Waals surface area contributed by atoms with Gasteiger partial charge in [0.05, 0.1) is 18.1 Å². The van der Waals surface area contributed by atoms with E-state index in [0.717, 1.165) is 4.88 Å². The van der Waals surface area contributed by atoms with Crippen LogP contribution in [-0.2, 0) is 0 Å². The Morgan fingerprint density at radius 2 is 2.28 bits per heavy atom. The lowest BCUT2D eigenvalue weighted by atomic mass is 10.2. The van der Waals surface area contributed by atoms with Crippen LogP contribution in [0.4, 0.5) is 11.4 Å². The smallest absolute Gasteiger partial charge is 0.273 e. The first-order chi connectivity index (χ1) is 8.70. The van der Waals surface area contributed by atoms with Crippen LogP contribution < -0.4 is 4.74 Å². The molecule has 18 heavy (non-hydrogen) atoms. The second-order valence-corrected chi connectivity index (χ2v) is 4.37. The van der Waals surface area contributed by atoms with Gasteiger partial charge in [0, 0.05) is 17.2 Å². The molecule has 92 valence electrons. The van der Waals surface area contributed by atoms with Gasteiger partial charge in [-0.2, -0.15) is 0 Å². The largest absolute Gasteiger partial charge is 0.494 e. The predicted octanol–water partition coefficient (Wildman–Crippen LogP) is 3.42. The van der Waals surface area contributed by atoms with Crippen LogP contribution in [0.5, 0.6) is 5.75 Å². The molecule has 0 aliphatic carbocycles. The van der Waals surface area contributed by atoms with E-state index in [2.05, 4.69) is 4.99 Å². The highest BCUT2D eigenvalue weighted by Crippen LogP contribution is 2.31.